The highest BCUT2D eigenvalue weighted by Crippen LogP contribution is 2.33. The molecule has 0 bridgehead atoms. The molecule has 0 aromatic heterocycles. The number of carbonyl (C=O) groups is 1. The molecule has 0 spiro atoms. The van der Waals surface area contributed by atoms with Gasteiger partial charge in [-0.3, -0.25) is 4.79 Å². The molecule has 1 aliphatic carbocycles. The Hall–Kier alpha value is -2.29. The van der Waals surface area contributed by atoms with Crippen LogP contribution < -0.4 is 10.6 Å². The number of nitrogens with one attached hydrogen (secondary N) is 2. The van der Waals surface area contributed by atoms with E-state index in [1.165, 1.54) is 5.56 Å². The zero-order valence-corrected chi connectivity index (χ0v) is 14.7. The number of para-hydroxylation sites is 1. The van der Waals surface area contributed by atoms with Gasteiger partial charge in [0.15, 0.2) is 0 Å². The fraction of sp³-hybridized carbons (Fsp3) is 0.381. The van der Waals surface area contributed by atoms with E-state index < -0.39 is 0 Å². The molecule has 3 nitrogen and oxygen atoms in total. The number of hydrogen-bond acceptors (Lipinski definition) is 2. The Balaban J connectivity index is 1.96. The van der Waals surface area contributed by atoms with Crippen molar-refractivity contribution in [3.05, 3.63) is 65.2 Å². The van der Waals surface area contributed by atoms with Gasteiger partial charge in [-0.05, 0) is 36.0 Å². The van der Waals surface area contributed by atoms with Crippen LogP contribution in [0, 0.1) is 5.92 Å². The maximum absolute atomic E-state index is 12.4. The molecule has 0 saturated heterocycles. The third kappa shape index (κ3) is 3.61. The zero-order chi connectivity index (χ0) is 17.1. The molecule has 1 aliphatic rings. The normalized spacial score (nSPS) is 15.2. The van der Waals surface area contributed by atoms with Crippen molar-refractivity contribution in [1.29, 1.82) is 0 Å². The molecule has 3 rings (SSSR count). The summed E-state index contributed by atoms with van der Waals surface area (Å²) in [4.78, 5) is 12.4. The molecule has 24 heavy (non-hydrogen) atoms. The fourth-order valence-electron chi connectivity index (χ4n) is 3.00. The summed E-state index contributed by atoms with van der Waals surface area (Å²) in [5.74, 6) is 0.867. The average Bonchev–Trinajstić information content (AvgIpc) is 3.45. The SMILES string of the molecule is CNc1ccccc1[C@H](NC(=O)C1CC1)c1ccc(C(C)C)cc1. The highest BCUT2D eigenvalue weighted by Gasteiger charge is 2.32. The third-order valence-corrected chi connectivity index (χ3v) is 4.71. The van der Waals surface area contributed by atoms with Crippen LogP contribution in [-0.2, 0) is 4.79 Å². The van der Waals surface area contributed by atoms with Gasteiger partial charge in [-0.2, -0.15) is 0 Å². The minimum Gasteiger partial charge on any atom is -0.388 e. The van der Waals surface area contributed by atoms with E-state index >= 15 is 0 Å². The second-order valence-electron chi connectivity index (χ2n) is 6.87. The predicted molar refractivity (Wildman–Crippen MR) is 99.2 cm³/mol. The van der Waals surface area contributed by atoms with Crippen molar-refractivity contribution in [3.8, 4) is 0 Å². The van der Waals surface area contributed by atoms with E-state index in [9.17, 15) is 4.79 Å². The average molecular weight is 322 g/mol. The lowest BCUT2D eigenvalue weighted by Crippen LogP contribution is -2.31. The Labute approximate surface area is 144 Å². The standard InChI is InChI=1S/C21H26N2O/c1-14(2)15-8-10-16(11-9-15)20(23-21(24)17-12-13-17)18-6-4-5-7-19(18)22-3/h4-11,14,17,20,22H,12-13H2,1-3H3,(H,23,24)/t20-/m1/s1. The number of hydrogen-bond donors (Lipinski definition) is 2. The first kappa shape index (κ1) is 16.6. The quantitative estimate of drug-likeness (QED) is 0.824. The molecule has 0 aliphatic heterocycles. The molecule has 3 heteroatoms. The smallest absolute Gasteiger partial charge is 0.223 e. The predicted octanol–water partition coefficient (Wildman–Crippen LogP) is 4.47. The molecule has 1 saturated carbocycles. The molecule has 2 aromatic carbocycles. The number of amides is 1. The van der Waals surface area contributed by atoms with Crippen LogP contribution in [0.4, 0.5) is 5.69 Å². The summed E-state index contributed by atoms with van der Waals surface area (Å²) in [6.07, 6.45) is 2.02. The second-order valence-corrected chi connectivity index (χ2v) is 6.87. The number of benzene rings is 2. The van der Waals surface area contributed by atoms with Gasteiger partial charge < -0.3 is 10.6 Å². The van der Waals surface area contributed by atoms with E-state index in [0.717, 1.165) is 29.7 Å². The second kappa shape index (κ2) is 7.08. The first-order valence-electron chi connectivity index (χ1n) is 8.77. The van der Waals surface area contributed by atoms with Crippen LogP contribution in [0.3, 0.4) is 0 Å². The van der Waals surface area contributed by atoms with Gasteiger partial charge in [0.05, 0.1) is 6.04 Å². The van der Waals surface area contributed by atoms with E-state index in [0.29, 0.717) is 5.92 Å². The molecular formula is C21H26N2O. The zero-order valence-electron chi connectivity index (χ0n) is 14.7. The van der Waals surface area contributed by atoms with Crippen molar-refractivity contribution in [2.24, 2.45) is 5.92 Å². The molecule has 1 amide bonds. The summed E-state index contributed by atoms with van der Waals surface area (Å²) in [6, 6.07) is 16.7. The highest BCUT2D eigenvalue weighted by molar-refractivity contribution is 5.82. The van der Waals surface area contributed by atoms with Crippen LogP contribution in [0.15, 0.2) is 48.5 Å². The van der Waals surface area contributed by atoms with Crippen molar-refractivity contribution in [2.75, 3.05) is 12.4 Å². The molecule has 0 radical (unpaired) electrons. The van der Waals surface area contributed by atoms with Gasteiger partial charge in [0.2, 0.25) is 5.91 Å². The first-order valence-corrected chi connectivity index (χ1v) is 8.77. The number of rotatable bonds is 6. The monoisotopic (exact) mass is 322 g/mol. The van der Waals surface area contributed by atoms with Gasteiger partial charge in [0.1, 0.15) is 0 Å². The Bertz CT molecular complexity index is 702. The van der Waals surface area contributed by atoms with Crippen LogP contribution >= 0.6 is 0 Å². The molecule has 2 aromatic rings. The van der Waals surface area contributed by atoms with Crippen LogP contribution in [0.25, 0.3) is 0 Å². The van der Waals surface area contributed by atoms with Crippen molar-refractivity contribution in [2.45, 2.75) is 38.6 Å². The first-order chi connectivity index (χ1) is 11.6. The Morgan fingerprint density at radius 2 is 1.62 bits per heavy atom. The lowest BCUT2D eigenvalue weighted by Gasteiger charge is -2.23. The maximum atomic E-state index is 12.4. The summed E-state index contributed by atoms with van der Waals surface area (Å²) in [6.45, 7) is 4.38. The van der Waals surface area contributed by atoms with Gasteiger partial charge in [-0.25, -0.2) is 0 Å². The van der Waals surface area contributed by atoms with E-state index in [-0.39, 0.29) is 17.9 Å². The topological polar surface area (TPSA) is 41.1 Å². The van der Waals surface area contributed by atoms with Crippen LogP contribution in [0.2, 0.25) is 0 Å². The number of carbonyl (C=O) groups excluding carboxylic acids is 1. The summed E-state index contributed by atoms with van der Waals surface area (Å²) in [5.41, 5.74) is 4.59. The van der Waals surface area contributed by atoms with E-state index in [1.54, 1.807) is 0 Å². The Morgan fingerprint density at radius 1 is 1.00 bits per heavy atom. The van der Waals surface area contributed by atoms with Gasteiger partial charge in [0, 0.05) is 24.2 Å². The largest absolute Gasteiger partial charge is 0.388 e. The molecule has 0 unspecified atom stereocenters. The minimum absolute atomic E-state index is 0.122. The van der Waals surface area contributed by atoms with Gasteiger partial charge >= 0.3 is 0 Å². The Morgan fingerprint density at radius 3 is 2.21 bits per heavy atom. The van der Waals surface area contributed by atoms with Crippen LogP contribution in [0.1, 0.15) is 55.3 Å². The van der Waals surface area contributed by atoms with Crippen molar-refractivity contribution < 1.29 is 4.79 Å². The summed E-state index contributed by atoms with van der Waals surface area (Å²) >= 11 is 0. The van der Waals surface area contributed by atoms with Gasteiger partial charge in [-0.15, -0.1) is 0 Å². The minimum atomic E-state index is -0.122. The van der Waals surface area contributed by atoms with Gasteiger partial charge in [0.25, 0.3) is 0 Å². The van der Waals surface area contributed by atoms with Crippen molar-refractivity contribution in [3.63, 3.8) is 0 Å². The van der Waals surface area contributed by atoms with E-state index in [1.807, 2.05) is 25.2 Å². The molecule has 1 fully saturated rings. The summed E-state index contributed by atoms with van der Waals surface area (Å²) in [7, 11) is 1.92. The van der Waals surface area contributed by atoms with Gasteiger partial charge in [-0.1, -0.05) is 56.3 Å². The molecule has 2 N–H and O–H groups in total. The molecule has 0 heterocycles. The van der Waals surface area contributed by atoms with Crippen LogP contribution in [-0.4, -0.2) is 13.0 Å². The van der Waals surface area contributed by atoms with Crippen LogP contribution in [0.5, 0.6) is 0 Å². The molecular weight excluding hydrogens is 296 g/mol. The molecule has 126 valence electrons. The third-order valence-electron chi connectivity index (χ3n) is 4.71. The highest BCUT2D eigenvalue weighted by atomic mass is 16.2. The fourth-order valence-corrected chi connectivity index (χ4v) is 3.00. The van der Waals surface area contributed by atoms with E-state index in [2.05, 4.69) is 54.8 Å². The number of anilines is 1. The summed E-state index contributed by atoms with van der Waals surface area (Å²) in [5, 5.41) is 6.50. The maximum Gasteiger partial charge on any atom is 0.223 e. The Kier molecular flexibility index (Phi) is 4.89. The molecule has 1 atom stereocenters. The van der Waals surface area contributed by atoms with Crippen molar-refractivity contribution >= 4 is 11.6 Å². The summed E-state index contributed by atoms with van der Waals surface area (Å²) < 4.78 is 0. The lowest BCUT2D eigenvalue weighted by atomic mass is 9.94. The van der Waals surface area contributed by atoms with Crippen molar-refractivity contribution in [1.82, 2.24) is 5.32 Å². The van der Waals surface area contributed by atoms with E-state index in [4.69, 9.17) is 0 Å². The lowest BCUT2D eigenvalue weighted by molar-refractivity contribution is -0.122.